The highest BCUT2D eigenvalue weighted by Crippen LogP contribution is 1.97. The van der Waals surface area contributed by atoms with Crippen molar-refractivity contribution in [3.63, 3.8) is 0 Å². The molecule has 1 aromatic rings. The van der Waals surface area contributed by atoms with Gasteiger partial charge in [0.1, 0.15) is 5.69 Å². The molecule has 0 aliphatic carbocycles. The van der Waals surface area contributed by atoms with Gasteiger partial charge < -0.3 is 81.3 Å². The lowest BCUT2D eigenvalue weighted by Crippen LogP contribution is -2.15. The molecule has 0 unspecified atom stereocenters. The van der Waals surface area contributed by atoms with Crippen LogP contribution in [0, 0.1) is 0 Å². The Hall–Kier alpha value is -1.54. The van der Waals surface area contributed by atoms with Crippen LogP contribution in [0.15, 0.2) is 6.20 Å². The van der Waals surface area contributed by atoms with Crippen molar-refractivity contribution in [1.82, 2.24) is 15.0 Å². The van der Waals surface area contributed by atoms with Crippen molar-refractivity contribution in [3.05, 3.63) is 11.9 Å². The Kier molecular flexibility index (Phi) is 42.3. The number of hydrogen-bond donors (Lipinski definition) is 2. The van der Waals surface area contributed by atoms with Gasteiger partial charge in [0.15, 0.2) is 0 Å². The standard InChI is InChI=1S/C35H69N3O17/c39-2-5-42-8-11-45-14-17-48-20-23-50-22-19-47-16-13-44-10-7-41-4-1-38-33-35(36-37-38)34-55-32-31-54-30-29-53-28-27-52-26-25-51-24-21-49-18-15-46-12-9-43-6-3-40/h33,39-40H,1-32,34H2. The summed E-state index contributed by atoms with van der Waals surface area (Å²) in [4.78, 5) is 0. The van der Waals surface area contributed by atoms with E-state index in [1.54, 1.807) is 4.68 Å². The second-order valence-corrected chi connectivity index (χ2v) is 11.0. The summed E-state index contributed by atoms with van der Waals surface area (Å²) in [6.07, 6.45) is 1.84. The molecule has 0 spiro atoms. The molecule has 0 saturated heterocycles. The quantitative estimate of drug-likeness (QED) is 0.0758. The van der Waals surface area contributed by atoms with Crippen LogP contribution >= 0.6 is 0 Å². The Labute approximate surface area is 326 Å². The van der Waals surface area contributed by atoms with Crippen molar-refractivity contribution >= 4 is 0 Å². The van der Waals surface area contributed by atoms with E-state index in [2.05, 4.69) is 10.3 Å². The van der Waals surface area contributed by atoms with E-state index in [-0.39, 0.29) is 13.2 Å². The molecule has 0 fully saturated rings. The zero-order valence-electron chi connectivity index (χ0n) is 32.8. The van der Waals surface area contributed by atoms with Gasteiger partial charge in [0.25, 0.3) is 0 Å². The Bertz CT molecular complexity index is 865. The van der Waals surface area contributed by atoms with Crippen LogP contribution in [0.4, 0.5) is 0 Å². The summed E-state index contributed by atoms with van der Waals surface area (Å²) in [6.45, 7) is 14.7. The van der Waals surface area contributed by atoms with Gasteiger partial charge in [-0.05, 0) is 0 Å². The summed E-state index contributed by atoms with van der Waals surface area (Å²) in [7, 11) is 0. The maximum Gasteiger partial charge on any atom is 0.108 e. The number of rotatable bonds is 48. The summed E-state index contributed by atoms with van der Waals surface area (Å²) >= 11 is 0. The molecule has 0 aromatic carbocycles. The van der Waals surface area contributed by atoms with Gasteiger partial charge in [-0.2, -0.15) is 0 Å². The van der Waals surface area contributed by atoms with E-state index in [9.17, 15) is 0 Å². The monoisotopic (exact) mass is 803 g/mol. The van der Waals surface area contributed by atoms with Crippen LogP contribution in [0.3, 0.4) is 0 Å². The van der Waals surface area contributed by atoms with Crippen molar-refractivity contribution in [2.75, 3.05) is 205 Å². The Morgan fingerprint density at radius 1 is 0.327 bits per heavy atom. The number of aromatic nitrogens is 3. The lowest BCUT2D eigenvalue weighted by Gasteiger charge is -2.08. The molecule has 0 aliphatic rings. The zero-order valence-corrected chi connectivity index (χ0v) is 32.8. The predicted octanol–water partition coefficient (Wildman–Crippen LogP) is -0.988. The van der Waals surface area contributed by atoms with E-state index in [1.807, 2.05) is 6.20 Å². The smallest absolute Gasteiger partial charge is 0.108 e. The molecule has 20 nitrogen and oxygen atoms in total. The van der Waals surface area contributed by atoms with Crippen LogP contribution in [0.5, 0.6) is 0 Å². The Morgan fingerprint density at radius 2 is 0.564 bits per heavy atom. The topological polar surface area (TPSA) is 210 Å². The molecule has 20 heteroatoms. The van der Waals surface area contributed by atoms with E-state index in [4.69, 9.17) is 81.3 Å². The minimum atomic E-state index is 0.0189. The minimum Gasteiger partial charge on any atom is -0.394 e. The maximum absolute atomic E-state index is 8.60. The van der Waals surface area contributed by atoms with Crippen LogP contribution in [-0.4, -0.2) is 230 Å². The minimum absolute atomic E-state index is 0.0189. The fourth-order valence-corrected chi connectivity index (χ4v) is 3.94. The molecule has 1 aromatic heterocycles. The highest BCUT2D eigenvalue weighted by atomic mass is 16.6. The Morgan fingerprint density at radius 3 is 0.836 bits per heavy atom. The van der Waals surface area contributed by atoms with Crippen LogP contribution in [-0.2, 0) is 84.2 Å². The molecule has 1 heterocycles. The first kappa shape index (κ1) is 51.5. The molecule has 0 aliphatic heterocycles. The van der Waals surface area contributed by atoms with Crippen LogP contribution < -0.4 is 0 Å². The van der Waals surface area contributed by atoms with Crippen molar-refractivity contribution in [2.45, 2.75) is 13.2 Å². The second kappa shape index (κ2) is 45.2. The summed E-state index contributed by atoms with van der Waals surface area (Å²) in [6, 6.07) is 0. The molecule has 55 heavy (non-hydrogen) atoms. The maximum atomic E-state index is 8.60. The number of nitrogens with zero attached hydrogens (tertiary/aromatic N) is 3. The number of hydrogen-bond acceptors (Lipinski definition) is 19. The summed E-state index contributed by atoms with van der Waals surface area (Å²) < 4.78 is 83.0. The molecule has 0 bridgehead atoms. The van der Waals surface area contributed by atoms with E-state index in [0.29, 0.717) is 205 Å². The lowest BCUT2D eigenvalue weighted by atomic mass is 10.5. The molecule has 0 saturated carbocycles. The number of ether oxygens (including phenoxy) is 15. The molecule has 2 N–H and O–H groups in total. The number of aliphatic hydroxyl groups is 2. The average Bonchev–Trinajstić information content (AvgIpc) is 3.65. The lowest BCUT2D eigenvalue weighted by molar-refractivity contribution is -0.0243. The molecule has 0 radical (unpaired) electrons. The van der Waals surface area contributed by atoms with Gasteiger partial charge in [-0.3, -0.25) is 0 Å². The first-order valence-electron chi connectivity index (χ1n) is 19.1. The van der Waals surface area contributed by atoms with Crippen molar-refractivity contribution < 1.29 is 81.3 Å². The summed E-state index contributed by atoms with van der Waals surface area (Å²) in [5.41, 5.74) is 0.739. The predicted molar refractivity (Wildman–Crippen MR) is 195 cm³/mol. The third-order valence-electron chi connectivity index (χ3n) is 6.61. The molecule has 326 valence electrons. The first-order chi connectivity index (χ1) is 27.4. The Balaban J connectivity index is 1.72. The fraction of sp³-hybridized carbons (Fsp3) is 0.943. The van der Waals surface area contributed by atoms with Crippen LogP contribution in [0.2, 0.25) is 0 Å². The van der Waals surface area contributed by atoms with Gasteiger partial charge in [0.2, 0.25) is 0 Å². The SMILES string of the molecule is OCCOCCOCCOCCOCCOCCOCCOCCOCc1cn(CCOCCOCCOCCOCCOCCOCCOCCO)nn1. The zero-order chi connectivity index (χ0) is 39.2. The first-order valence-corrected chi connectivity index (χ1v) is 19.1. The van der Waals surface area contributed by atoms with Crippen molar-refractivity contribution in [1.29, 1.82) is 0 Å². The van der Waals surface area contributed by atoms with E-state index >= 15 is 0 Å². The van der Waals surface area contributed by atoms with E-state index < -0.39 is 0 Å². The average molecular weight is 804 g/mol. The highest BCUT2D eigenvalue weighted by molar-refractivity contribution is 4.89. The van der Waals surface area contributed by atoms with Crippen LogP contribution in [0.25, 0.3) is 0 Å². The van der Waals surface area contributed by atoms with Gasteiger partial charge in [0, 0.05) is 0 Å². The summed E-state index contributed by atoms with van der Waals surface area (Å²) in [5, 5.41) is 25.4. The van der Waals surface area contributed by atoms with E-state index in [1.165, 1.54) is 0 Å². The van der Waals surface area contributed by atoms with Gasteiger partial charge in [-0.15, -0.1) is 5.10 Å². The molecule has 1 rings (SSSR count). The van der Waals surface area contributed by atoms with Crippen molar-refractivity contribution in [3.8, 4) is 0 Å². The van der Waals surface area contributed by atoms with Crippen molar-refractivity contribution in [2.24, 2.45) is 0 Å². The van der Waals surface area contributed by atoms with Gasteiger partial charge in [-0.25, -0.2) is 4.68 Å². The third-order valence-corrected chi connectivity index (χ3v) is 6.61. The normalized spacial score (nSPS) is 11.7. The van der Waals surface area contributed by atoms with Crippen LogP contribution in [0.1, 0.15) is 5.69 Å². The highest BCUT2D eigenvalue weighted by Gasteiger charge is 2.02. The molecular formula is C35H69N3O17. The second-order valence-electron chi connectivity index (χ2n) is 11.0. The molecule has 0 atom stereocenters. The third kappa shape index (κ3) is 40.5. The number of aliphatic hydroxyl groups excluding tert-OH is 2. The van der Waals surface area contributed by atoms with Gasteiger partial charge >= 0.3 is 0 Å². The largest absolute Gasteiger partial charge is 0.394 e. The fourth-order valence-electron chi connectivity index (χ4n) is 3.94. The molecular weight excluding hydrogens is 734 g/mol. The van der Waals surface area contributed by atoms with Gasteiger partial charge in [-0.1, -0.05) is 5.21 Å². The summed E-state index contributed by atoms with van der Waals surface area (Å²) in [5.74, 6) is 0. The van der Waals surface area contributed by atoms with Gasteiger partial charge in [0.05, 0.1) is 224 Å². The van der Waals surface area contributed by atoms with E-state index in [0.717, 1.165) is 5.69 Å². The molecule has 0 amide bonds.